The lowest BCUT2D eigenvalue weighted by Gasteiger charge is -2.13. The number of pyridine rings is 1. The van der Waals surface area contributed by atoms with Crippen molar-refractivity contribution in [3.05, 3.63) is 35.5 Å². The van der Waals surface area contributed by atoms with Crippen molar-refractivity contribution in [1.29, 1.82) is 0 Å². The number of carbonyl (C=O) groups excluding carboxylic acids is 1. The molecule has 0 spiro atoms. The fourth-order valence-corrected chi connectivity index (χ4v) is 2.95. The molecule has 0 radical (unpaired) electrons. The lowest BCUT2D eigenvalue weighted by molar-refractivity contribution is -0.119. The van der Waals surface area contributed by atoms with E-state index in [1.165, 1.54) is 0 Å². The average Bonchev–Trinajstić information content (AvgIpc) is 2.89. The first kappa shape index (κ1) is 13.3. The Balaban J connectivity index is 1.88. The zero-order chi connectivity index (χ0) is 14.1. The number of nitrogens with one attached hydrogen (secondary N) is 1. The van der Waals surface area contributed by atoms with Crippen LogP contribution in [0.5, 0.6) is 0 Å². The van der Waals surface area contributed by atoms with Crippen molar-refractivity contribution in [3.8, 4) is 0 Å². The predicted octanol–water partition coefficient (Wildman–Crippen LogP) is 2.95. The van der Waals surface area contributed by atoms with Gasteiger partial charge in [0.05, 0.1) is 16.2 Å². The van der Waals surface area contributed by atoms with Crippen molar-refractivity contribution in [1.82, 2.24) is 4.98 Å². The molecule has 3 rings (SSSR count). The van der Waals surface area contributed by atoms with Gasteiger partial charge in [-0.15, -0.1) is 0 Å². The zero-order valence-corrected chi connectivity index (χ0v) is 11.7. The summed E-state index contributed by atoms with van der Waals surface area (Å²) in [6.07, 6.45) is 4.23. The molecule has 1 aromatic heterocycles. The van der Waals surface area contributed by atoms with Gasteiger partial charge in [-0.3, -0.25) is 9.78 Å². The van der Waals surface area contributed by atoms with E-state index in [9.17, 15) is 4.79 Å². The van der Waals surface area contributed by atoms with Crippen molar-refractivity contribution in [2.24, 2.45) is 11.7 Å². The van der Waals surface area contributed by atoms with Crippen LogP contribution in [-0.4, -0.2) is 16.9 Å². The number of aromatic nitrogens is 1. The molecule has 1 aliphatic rings. The summed E-state index contributed by atoms with van der Waals surface area (Å²) in [6.45, 7) is 0. The molecule has 1 aliphatic carbocycles. The molecule has 5 heteroatoms. The van der Waals surface area contributed by atoms with Gasteiger partial charge in [0.25, 0.3) is 0 Å². The second kappa shape index (κ2) is 5.38. The number of hydrogen-bond donors (Lipinski definition) is 2. The van der Waals surface area contributed by atoms with E-state index < -0.39 is 0 Å². The fraction of sp³-hybridized carbons (Fsp3) is 0.333. The molecule has 1 saturated carbocycles. The van der Waals surface area contributed by atoms with Crippen LogP contribution in [0.15, 0.2) is 30.5 Å². The summed E-state index contributed by atoms with van der Waals surface area (Å²) in [5.74, 6) is 0.0397. The smallest absolute Gasteiger partial charge is 0.227 e. The SMILES string of the molecule is NC1CCC(C(=O)Nc2ccc(Cl)c3ncccc23)C1. The quantitative estimate of drug-likeness (QED) is 0.893. The number of nitrogens with zero attached hydrogens (tertiary/aromatic N) is 1. The van der Waals surface area contributed by atoms with Crippen molar-refractivity contribution in [3.63, 3.8) is 0 Å². The average molecular weight is 290 g/mol. The molecule has 2 atom stereocenters. The Morgan fingerprint density at radius 2 is 2.20 bits per heavy atom. The van der Waals surface area contributed by atoms with E-state index in [1.807, 2.05) is 18.2 Å². The Hall–Kier alpha value is -1.65. The highest BCUT2D eigenvalue weighted by Crippen LogP contribution is 2.30. The summed E-state index contributed by atoms with van der Waals surface area (Å²) in [5, 5.41) is 4.42. The van der Waals surface area contributed by atoms with Gasteiger partial charge in [0, 0.05) is 23.5 Å². The minimum atomic E-state index is 0.00685. The van der Waals surface area contributed by atoms with Crippen LogP contribution < -0.4 is 11.1 Å². The van der Waals surface area contributed by atoms with Gasteiger partial charge in [0.1, 0.15) is 0 Å². The van der Waals surface area contributed by atoms with E-state index in [-0.39, 0.29) is 17.9 Å². The van der Waals surface area contributed by atoms with Gasteiger partial charge in [0.2, 0.25) is 5.91 Å². The van der Waals surface area contributed by atoms with Crippen LogP contribution in [0.3, 0.4) is 0 Å². The van der Waals surface area contributed by atoms with Gasteiger partial charge in [-0.25, -0.2) is 0 Å². The predicted molar refractivity (Wildman–Crippen MR) is 80.7 cm³/mol. The number of carbonyl (C=O) groups is 1. The maximum atomic E-state index is 12.3. The Bertz CT molecular complexity index is 659. The number of halogens is 1. The summed E-state index contributed by atoms with van der Waals surface area (Å²) in [7, 11) is 0. The first-order valence-corrected chi connectivity index (χ1v) is 7.12. The summed E-state index contributed by atoms with van der Waals surface area (Å²) < 4.78 is 0. The maximum absolute atomic E-state index is 12.3. The fourth-order valence-electron chi connectivity index (χ4n) is 2.74. The van der Waals surface area contributed by atoms with Crippen molar-refractivity contribution in [2.75, 3.05) is 5.32 Å². The molecule has 2 aromatic rings. The first-order valence-electron chi connectivity index (χ1n) is 6.75. The number of benzene rings is 1. The van der Waals surface area contributed by atoms with Crippen LogP contribution >= 0.6 is 11.6 Å². The Kier molecular flexibility index (Phi) is 3.59. The van der Waals surface area contributed by atoms with E-state index >= 15 is 0 Å². The largest absolute Gasteiger partial charge is 0.328 e. The second-order valence-corrected chi connectivity index (χ2v) is 5.66. The normalized spacial score (nSPS) is 22.1. The van der Waals surface area contributed by atoms with Crippen LogP contribution in [0.4, 0.5) is 5.69 Å². The van der Waals surface area contributed by atoms with Gasteiger partial charge in [-0.1, -0.05) is 11.6 Å². The van der Waals surface area contributed by atoms with Gasteiger partial charge in [-0.05, 0) is 43.5 Å². The van der Waals surface area contributed by atoms with Crippen LogP contribution in [0.1, 0.15) is 19.3 Å². The van der Waals surface area contributed by atoms with Crippen molar-refractivity contribution < 1.29 is 4.79 Å². The molecule has 20 heavy (non-hydrogen) atoms. The Morgan fingerprint density at radius 3 is 2.95 bits per heavy atom. The van der Waals surface area contributed by atoms with Crippen molar-refractivity contribution in [2.45, 2.75) is 25.3 Å². The zero-order valence-electron chi connectivity index (χ0n) is 11.0. The maximum Gasteiger partial charge on any atom is 0.227 e. The van der Waals surface area contributed by atoms with Crippen LogP contribution in [0, 0.1) is 5.92 Å². The second-order valence-electron chi connectivity index (χ2n) is 5.25. The third-order valence-electron chi connectivity index (χ3n) is 3.82. The standard InChI is InChI=1S/C15H16ClN3O/c16-12-5-6-13(11-2-1-7-18-14(11)12)19-15(20)9-3-4-10(17)8-9/h1-2,5-7,9-10H,3-4,8,17H2,(H,19,20). The van der Waals surface area contributed by atoms with E-state index in [2.05, 4.69) is 10.3 Å². The summed E-state index contributed by atoms with van der Waals surface area (Å²) in [4.78, 5) is 16.5. The van der Waals surface area contributed by atoms with E-state index in [4.69, 9.17) is 17.3 Å². The van der Waals surface area contributed by atoms with Crippen LogP contribution in [0.2, 0.25) is 5.02 Å². The molecular weight excluding hydrogens is 274 g/mol. The van der Waals surface area contributed by atoms with E-state index in [0.29, 0.717) is 10.5 Å². The molecule has 1 amide bonds. The summed E-state index contributed by atoms with van der Waals surface area (Å²) in [6, 6.07) is 7.46. The molecule has 0 bridgehead atoms. The third-order valence-corrected chi connectivity index (χ3v) is 4.13. The lowest BCUT2D eigenvalue weighted by Crippen LogP contribution is -2.23. The minimum absolute atomic E-state index is 0.00685. The molecule has 1 heterocycles. The van der Waals surface area contributed by atoms with Crippen LogP contribution in [-0.2, 0) is 4.79 Å². The number of amides is 1. The molecule has 1 aromatic carbocycles. The molecule has 4 nitrogen and oxygen atoms in total. The lowest BCUT2D eigenvalue weighted by atomic mass is 10.1. The minimum Gasteiger partial charge on any atom is -0.328 e. The topological polar surface area (TPSA) is 68.0 Å². The number of fused-ring (bicyclic) bond motifs is 1. The molecule has 1 fully saturated rings. The molecule has 0 saturated heterocycles. The highest BCUT2D eigenvalue weighted by atomic mass is 35.5. The highest BCUT2D eigenvalue weighted by molar-refractivity contribution is 6.35. The number of rotatable bonds is 2. The highest BCUT2D eigenvalue weighted by Gasteiger charge is 2.28. The van der Waals surface area contributed by atoms with Gasteiger partial charge in [-0.2, -0.15) is 0 Å². The number of nitrogens with two attached hydrogens (primary N) is 1. The Labute approximate surface area is 122 Å². The molecular formula is C15H16ClN3O. The molecule has 2 unspecified atom stereocenters. The van der Waals surface area contributed by atoms with Gasteiger partial charge < -0.3 is 11.1 Å². The van der Waals surface area contributed by atoms with Gasteiger partial charge in [0.15, 0.2) is 0 Å². The van der Waals surface area contributed by atoms with Gasteiger partial charge >= 0.3 is 0 Å². The van der Waals surface area contributed by atoms with E-state index in [1.54, 1.807) is 12.3 Å². The van der Waals surface area contributed by atoms with Crippen LogP contribution in [0.25, 0.3) is 10.9 Å². The Morgan fingerprint density at radius 1 is 1.35 bits per heavy atom. The summed E-state index contributed by atoms with van der Waals surface area (Å²) in [5.41, 5.74) is 7.32. The van der Waals surface area contributed by atoms with E-state index in [0.717, 1.165) is 30.3 Å². The molecule has 0 aliphatic heterocycles. The first-order chi connectivity index (χ1) is 9.65. The third kappa shape index (κ3) is 2.49. The molecule has 3 N–H and O–H groups in total. The van der Waals surface area contributed by atoms with Crippen molar-refractivity contribution >= 4 is 34.1 Å². The number of anilines is 1. The molecule has 104 valence electrons. The number of hydrogen-bond acceptors (Lipinski definition) is 3. The summed E-state index contributed by atoms with van der Waals surface area (Å²) >= 11 is 6.12. The monoisotopic (exact) mass is 289 g/mol.